The Hall–Kier alpha value is -1.12. The third-order valence-corrected chi connectivity index (χ3v) is 4.79. The fourth-order valence-corrected chi connectivity index (χ4v) is 3.39. The van der Waals surface area contributed by atoms with Crippen LogP contribution in [0.15, 0.2) is 35.9 Å². The van der Waals surface area contributed by atoms with Gasteiger partial charge in [0.15, 0.2) is 0 Å². The van der Waals surface area contributed by atoms with Crippen LogP contribution in [-0.2, 0) is 0 Å². The van der Waals surface area contributed by atoms with Gasteiger partial charge in [-0.1, -0.05) is 42.0 Å². The summed E-state index contributed by atoms with van der Waals surface area (Å²) in [4.78, 5) is 0. The summed E-state index contributed by atoms with van der Waals surface area (Å²) in [5, 5.41) is 3.83. The summed E-state index contributed by atoms with van der Waals surface area (Å²) in [6, 6.07) is 12.5. The first-order chi connectivity index (χ1) is 9.72. The van der Waals surface area contributed by atoms with E-state index in [0.29, 0.717) is 18.1 Å². The Morgan fingerprint density at radius 3 is 2.55 bits per heavy atom. The predicted octanol–water partition coefficient (Wildman–Crippen LogP) is 3.34. The minimum Gasteiger partial charge on any atom is -0.328 e. The minimum absolute atomic E-state index is 0.447. The highest BCUT2D eigenvalue weighted by atomic mass is 15.0. The maximum atomic E-state index is 5.97. The molecule has 0 aromatic heterocycles. The second-order valence-corrected chi connectivity index (χ2v) is 6.53. The fraction of sp³-hybridized carbons (Fsp3) is 0.556. The molecule has 108 valence electrons. The minimum atomic E-state index is 0.447. The van der Waals surface area contributed by atoms with Crippen LogP contribution < -0.4 is 11.1 Å². The van der Waals surface area contributed by atoms with Gasteiger partial charge in [-0.3, -0.25) is 0 Å². The normalized spacial score (nSPS) is 34.0. The number of benzene rings is 1. The molecule has 3 N–H and O–H groups in total. The highest BCUT2D eigenvalue weighted by Crippen LogP contribution is 2.39. The van der Waals surface area contributed by atoms with Crippen molar-refractivity contribution in [1.29, 1.82) is 0 Å². The van der Waals surface area contributed by atoms with Crippen molar-refractivity contribution in [3.8, 4) is 0 Å². The van der Waals surface area contributed by atoms with Gasteiger partial charge >= 0.3 is 0 Å². The van der Waals surface area contributed by atoms with Crippen molar-refractivity contribution in [1.82, 2.24) is 5.32 Å². The summed E-state index contributed by atoms with van der Waals surface area (Å²) < 4.78 is 0. The largest absolute Gasteiger partial charge is 0.328 e. The highest BCUT2D eigenvalue weighted by Gasteiger charge is 2.39. The number of hydrogen-bond donors (Lipinski definition) is 2. The zero-order chi connectivity index (χ0) is 13.9. The average molecular weight is 270 g/mol. The average Bonchev–Trinajstić information content (AvgIpc) is 3.22. The van der Waals surface area contributed by atoms with E-state index in [1.807, 2.05) is 0 Å². The van der Waals surface area contributed by atoms with E-state index in [-0.39, 0.29) is 0 Å². The second-order valence-electron chi connectivity index (χ2n) is 6.53. The van der Waals surface area contributed by atoms with Crippen LogP contribution in [0.2, 0.25) is 0 Å². The molecular weight excluding hydrogens is 244 g/mol. The lowest BCUT2D eigenvalue weighted by Crippen LogP contribution is -2.38. The molecule has 2 nitrogen and oxygen atoms in total. The predicted molar refractivity (Wildman–Crippen MR) is 85.4 cm³/mol. The topological polar surface area (TPSA) is 38.0 Å². The van der Waals surface area contributed by atoms with Crippen molar-refractivity contribution in [2.24, 2.45) is 11.7 Å². The SMILES string of the molecule is C/C(=C\c1ccccc1)C1CC1NC1CCC(N)CC1. The molecule has 0 aliphatic heterocycles. The number of nitrogens with two attached hydrogens (primary N) is 1. The molecule has 0 amide bonds. The molecule has 2 unspecified atom stereocenters. The van der Waals surface area contributed by atoms with Crippen LogP contribution in [-0.4, -0.2) is 18.1 Å². The standard InChI is InChI=1S/C18H26N2/c1-13(11-14-5-3-2-4-6-14)17-12-18(17)20-16-9-7-15(19)8-10-16/h2-6,11,15-18,20H,7-10,12,19H2,1H3/b13-11+. The van der Waals surface area contributed by atoms with Crippen molar-refractivity contribution in [2.75, 3.05) is 0 Å². The zero-order valence-corrected chi connectivity index (χ0v) is 12.4. The van der Waals surface area contributed by atoms with Crippen molar-refractivity contribution in [3.63, 3.8) is 0 Å². The lowest BCUT2D eigenvalue weighted by molar-refractivity contribution is 0.338. The Kier molecular flexibility index (Phi) is 4.23. The van der Waals surface area contributed by atoms with Gasteiger partial charge in [-0.15, -0.1) is 0 Å². The van der Waals surface area contributed by atoms with E-state index in [4.69, 9.17) is 5.73 Å². The van der Waals surface area contributed by atoms with E-state index in [1.165, 1.54) is 43.2 Å². The molecule has 0 spiro atoms. The van der Waals surface area contributed by atoms with Gasteiger partial charge in [0.25, 0.3) is 0 Å². The van der Waals surface area contributed by atoms with Gasteiger partial charge in [0.1, 0.15) is 0 Å². The number of hydrogen-bond acceptors (Lipinski definition) is 2. The summed E-state index contributed by atoms with van der Waals surface area (Å²) in [5.74, 6) is 0.741. The maximum absolute atomic E-state index is 5.97. The van der Waals surface area contributed by atoms with Crippen molar-refractivity contribution in [2.45, 2.75) is 57.2 Å². The van der Waals surface area contributed by atoms with Crippen LogP contribution in [0.4, 0.5) is 0 Å². The van der Waals surface area contributed by atoms with Crippen molar-refractivity contribution >= 4 is 6.08 Å². The molecule has 1 aromatic rings. The van der Waals surface area contributed by atoms with Gasteiger partial charge in [0.05, 0.1) is 0 Å². The van der Waals surface area contributed by atoms with Crippen LogP contribution in [0.3, 0.4) is 0 Å². The first-order valence-electron chi connectivity index (χ1n) is 7.97. The van der Waals surface area contributed by atoms with Crippen LogP contribution in [0.1, 0.15) is 44.6 Å². The van der Waals surface area contributed by atoms with Crippen LogP contribution in [0, 0.1) is 5.92 Å². The summed E-state index contributed by atoms with van der Waals surface area (Å²) in [6.45, 7) is 2.27. The molecule has 2 aliphatic carbocycles. The third-order valence-electron chi connectivity index (χ3n) is 4.79. The maximum Gasteiger partial charge on any atom is 0.0142 e. The number of rotatable bonds is 4. The smallest absolute Gasteiger partial charge is 0.0142 e. The molecule has 2 fully saturated rings. The van der Waals surface area contributed by atoms with E-state index in [1.54, 1.807) is 0 Å². The number of nitrogens with one attached hydrogen (secondary N) is 1. The van der Waals surface area contributed by atoms with Gasteiger partial charge in [-0.05, 0) is 50.5 Å². The Labute approximate surface area is 122 Å². The Morgan fingerprint density at radius 2 is 1.85 bits per heavy atom. The molecule has 20 heavy (non-hydrogen) atoms. The van der Waals surface area contributed by atoms with Crippen molar-refractivity contribution in [3.05, 3.63) is 41.5 Å². The van der Waals surface area contributed by atoms with Gasteiger partial charge < -0.3 is 11.1 Å². The molecule has 2 saturated carbocycles. The van der Waals surface area contributed by atoms with E-state index in [0.717, 1.165) is 5.92 Å². The molecule has 1 aromatic carbocycles. The van der Waals surface area contributed by atoms with Gasteiger partial charge in [0, 0.05) is 18.1 Å². The third kappa shape index (κ3) is 3.50. The quantitative estimate of drug-likeness (QED) is 0.880. The van der Waals surface area contributed by atoms with Crippen LogP contribution in [0.5, 0.6) is 0 Å². The van der Waals surface area contributed by atoms with E-state index in [2.05, 4.69) is 48.6 Å². The molecule has 2 atom stereocenters. The molecule has 2 heteroatoms. The first kappa shape index (κ1) is 13.8. The van der Waals surface area contributed by atoms with Gasteiger partial charge in [-0.25, -0.2) is 0 Å². The van der Waals surface area contributed by atoms with E-state index >= 15 is 0 Å². The monoisotopic (exact) mass is 270 g/mol. The molecule has 3 rings (SSSR count). The second kappa shape index (κ2) is 6.11. The molecular formula is C18H26N2. The van der Waals surface area contributed by atoms with E-state index < -0.39 is 0 Å². The lowest BCUT2D eigenvalue weighted by Gasteiger charge is -2.27. The van der Waals surface area contributed by atoms with Crippen LogP contribution >= 0.6 is 0 Å². The lowest BCUT2D eigenvalue weighted by atomic mass is 9.92. The molecule has 0 heterocycles. The first-order valence-corrected chi connectivity index (χ1v) is 7.97. The Balaban J connectivity index is 1.50. The Bertz CT molecular complexity index is 458. The summed E-state index contributed by atoms with van der Waals surface area (Å²) in [5.41, 5.74) is 8.80. The molecule has 2 aliphatic rings. The van der Waals surface area contributed by atoms with Gasteiger partial charge in [-0.2, -0.15) is 0 Å². The summed E-state index contributed by atoms with van der Waals surface area (Å²) >= 11 is 0. The van der Waals surface area contributed by atoms with Crippen LogP contribution in [0.25, 0.3) is 6.08 Å². The molecule has 0 saturated heterocycles. The zero-order valence-electron chi connectivity index (χ0n) is 12.4. The molecule has 0 bridgehead atoms. The fourth-order valence-electron chi connectivity index (χ4n) is 3.39. The highest BCUT2D eigenvalue weighted by molar-refractivity contribution is 5.53. The summed E-state index contributed by atoms with van der Waals surface area (Å²) in [7, 11) is 0. The van der Waals surface area contributed by atoms with Gasteiger partial charge in [0.2, 0.25) is 0 Å². The van der Waals surface area contributed by atoms with Crippen molar-refractivity contribution < 1.29 is 0 Å². The van der Waals surface area contributed by atoms with E-state index in [9.17, 15) is 0 Å². The molecule has 0 radical (unpaired) electrons. The Morgan fingerprint density at radius 1 is 1.15 bits per heavy atom. The summed E-state index contributed by atoms with van der Waals surface area (Å²) in [6.07, 6.45) is 8.53.